The third kappa shape index (κ3) is 3.20. The summed E-state index contributed by atoms with van der Waals surface area (Å²) in [5.41, 5.74) is 2.87. The molecule has 3 aromatic rings. The highest BCUT2D eigenvalue weighted by atomic mass is 32.1. The highest BCUT2D eigenvalue weighted by Gasteiger charge is 2.37. The lowest BCUT2D eigenvalue weighted by Crippen LogP contribution is -2.49. The fourth-order valence-electron chi connectivity index (χ4n) is 4.93. The standard InChI is InChI=1S/C23H25N3O2S/c1-24(2)12-16-7-8-20-17-9-15(11-26(20)22(16)27)10-25(13-17)23(28)19-14-29-21-6-4-3-5-18(19)21/h3-8,14-15,17H,9-13H2,1-2H3/t15-,17+/m0/s1. The minimum absolute atomic E-state index is 0.122. The van der Waals surface area contributed by atoms with Crippen molar-refractivity contribution >= 4 is 27.3 Å². The van der Waals surface area contributed by atoms with Crippen LogP contribution in [0, 0.1) is 5.92 Å². The number of piperidine rings is 1. The zero-order valence-corrected chi connectivity index (χ0v) is 17.6. The maximum absolute atomic E-state index is 13.3. The lowest BCUT2D eigenvalue weighted by atomic mass is 9.82. The molecule has 0 spiro atoms. The molecule has 5 rings (SSSR count). The summed E-state index contributed by atoms with van der Waals surface area (Å²) in [6.07, 6.45) is 1.06. The molecule has 2 atom stereocenters. The van der Waals surface area contributed by atoms with Crippen LogP contribution in [0.2, 0.25) is 0 Å². The second kappa shape index (κ2) is 7.11. The molecule has 2 aromatic heterocycles. The van der Waals surface area contributed by atoms with E-state index in [-0.39, 0.29) is 17.4 Å². The number of carbonyl (C=O) groups excluding carboxylic acids is 1. The van der Waals surface area contributed by atoms with Gasteiger partial charge < -0.3 is 14.4 Å². The molecule has 29 heavy (non-hydrogen) atoms. The molecule has 1 aromatic carbocycles. The van der Waals surface area contributed by atoms with Crippen molar-refractivity contribution in [3.63, 3.8) is 0 Å². The van der Waals surface area contributed by atoms with Crippen molar-refractivity contribution in [2.75, 3.05) is 27.2 Å². The normalized spacial score (nSPS) is 20.9. The minimum Gasteiger partial charge on any atom is -0.338 e. The minimum atomic E-state index is 0.122. The Morgan fingerprint density at radius 3 is 2.79 bits per heavy atom. The van der Waals surface area contributed by atoms with Gasteiger partial charge in [0.2, 0.25) is 0 Å². The van der Waals surface area contributed by atoms with Crippen LogP contribution in [0.3, 0.4) is 0 Å². The van der Waals surface area contributed by atoms with Crippen LogP contribution >= 0.6 is 11.3 Å². The molecule has 0 unspecified atom stereocenters. The summed E-state index contributed by atoms with van der Waals surface area (Å²) in [5.74, 6) is 0.692. The smallest absolute Gasteiger partial charge is 0.255 e. The quantitative estimate of drug-likeness (QED) is 0.669. The number of hydrogen-bond donors (Lipinski definition) is 0. The monoisotopic (exact) mass is 407 g/mol. The molecule has 150 valence electrons. The first-order valence-corrected chi connectivity index (χ1v) is 11.0. The summed E-state index contributed by atoms with van der Waals surface area (Å²) in [4.78, 5) is 30.3. The molecule has 0 N–H and O–H groups in total. The number of carbonyl (C=O) groups is 1. The van der Waals surface area contributed by atoms with Gasteiger partial charge in [0.05, 0.1) is 5.56 Å². The van der Waals surface area contributed by atoms with Gasteiger partial charge in [-0.25, -0.2) is 0 Å². The Labute approximate surface area is 174 Å². The molecule has 6 heteroatoms. The summed E-state index contributed by atoms with van der Waals surface area (Å²) in [5, 5.41) is 3.03. The molecular weight excluding hydrogens is 382 g/mol. The zero-order valence-electron chi connectivity index (χ0n) is 16.8. The number of likely N-dealkylation sites (tertiary alicyclic amines) is 1. The Morgan fingerprint density at radius 1 is 1.14 bits per heavy atom. The van der Waals surface area contributed by atoms with Crippen LogP contribution in [0.1, 0.15) is 34.0 Å². The molecule has 4 heterocycles. The molecule has 1 fully saturated rings. The number of aromatic nitrogens is 1. The van der Waals surface area contributed by atoms with Gasteiger partial charge in [-0.2, -0.15) is 0 Å². The first-order valence-electron chi connectivity index (χ1n) is 10.1. The molecule has 2 bridgehead atoms. The Kier molecular flexibility index (Phi) is 4.56. The number of benzene rings is 1. The van der Waals surface area contributed by atoms with Gasteiger partial charge in [0.25, 0.3) is 11.5 Å². The van der Waals surface area contributed by atoms with Crippen LogP contribution in [0.5, 0.6) is 0 Å². The molecule has 1 saturated heterocycles. The van der Waals surface area contributed by atoms with E-state index in [1.54, 1.807) is 11.3 Å². The first-order chi connectivity index (χ1) is 14.0. The van der Waals surface area contributed by atoms with Gasteiger partial charge in [-0.05, 0) is 38.6 Å². The van der Waals surface area contributed by atoms with Crippen LogP contribution in [-0.2, 0) is 13.1 Å². The zero-order chi connectivity index (χ0) is 20.1. The molecular formula is C23H25N3O2S. The van der Waals surface area contributed by atoms with Gasteiger partial charge in [0, 0.05) is 58.8 Å². The fraction of sp³-hybridized carbons (Fsp3) is 0.391. The number of fused-ring (bicyclic) bond motifs is 5. The SMILES string of the molecule is CN(C)Cc1ccc2n(c1=O)C[C@H]1C[C@@H]2CN(C(=O)c2csc3ccccc23)C1. The number of thiophene rings is 1. The van der Waals surface area contributed by atoms with Gasteiger partial charge in [-0.1, -0.05) is 24.3 Å². The van der Waals surface area contributed by atoms with Gasteiger partial charge in [-0.15, -0.1) is 11.3 Å². The topological polar surface area (TPSA) is 45.6 Å². The predicted octanol–water partition coefficient (Wildman–Crippen LogP) is 3.38. The van der Waals surface area contributed by atoms with E-state index in [9.17, 15) is 9.59 Å². The fourth-order valence-corrected chi connectivity index (χ4v) is 5.87. The van der Waals surface area contributed by atoms with Crippen molar-refractivity contribution in [2.24, 2.45) is 5.92 Å². The molecule has 5 nitrogen and oxygen atoms in total. The third-order valence-electron chi connectivity index (χ3n) is 6.17. The van der Waals surface area contributed by atoms with Crippen LogP contribution in [0.15, 0.2) is 46.6 Å². The van der Waals surface area contributed by atoms with E-state index in [0.717, 1.165) is 39.9 Å². The number of pyridine rings is 1. The van der Waals surface area contributed by atoms with Gasteiger partial charge >= 0.3 is 0 Å². The highest BCUT2D eigenvalue weighted by molar-refractivity contribution is 7.17. The highest BCUT2D eigenvalue weighted by Crippen LogP contribution is 2.36. The summed E-state index contributed by atoms with van der Waals surface area (Å²) < 4.78 is 3.12. The number of nitrogens with zero attached hydrogens (tertiary/aromatic N) is 3. The Hall–Kier alpha value is -2.44. The van der Waals surface area contributed by atoms with Crippen molar-refractivity contribution < 1.29 is 4.79 Å². The van der Waals surface area contributed by atoms with E-state index in [1.165, 1.54) is 0 Å². The maximum atomic E-state index is 13.3. The number of hydrogen-bond acceptors (Lipinski definition) is 4. The second-order valence-electron chi connectivity index (χ2n) is 8.59. The lowest BCUT2D eigenvalue weighted by Gasteiger charge is -2.43. The van der Waals surface area contributed by atoms with Gasteiger partial charge in [0.1, 0.15) is 0 Å². The second-order valence-corrected chi connectivity index (χ2v) is 9.50. The summed E-state index contributed by atoms with van der Waals surface area (Å²) >= 11 is 1.63. The van der Waals surface area contributed by atoms with E-state index >= 15 is 0 Å². The Bertz CT molecular complexity index is 1150. The van der Waals surface area contributed by atoms with Crippen LogP contribution in [-0.4, -0.2) is 47.5 Å². The van der Waals surface area contributed by atoms with E-state index < -0.39 is 0 Å². The molecule has 2 aliphatic rings. The maximum Gasteiger partial charge on any atom is 0.255 e. The van der Waals surface area contributed by atoms with Crippen LogP contribution in [0.25, 0.3) is 10.1 Å². The van der Waals surface area contributed by atoms with Crippen LogP contribution < -0.4 is 5.56 Å². The predicted molar refractivity (Wildman–Crippen MR) is 117 cm³/mol. The lowest BCUT2D eigenvalue weighted by molar-refractivity contribution is 0.0596. The van der Waals surface area contributed by atoms with Crippen molar-refractivity contribution in [3.8, 4) is 0 Å². The van der Waals surface area contributed by atoms with E-state index in [4.69, 9.17) is 0 Å². The van der Waals surface area contributed by atoms with Crippen molar-refractivity contribution in [1.29, 1.82) is 0 Å². The van der Waals surface area contributed by atoms with Crippen molar-refractivity contribution in [2.45, 2.75) is 25.4 Å². The Morgan fingerprint density at radius 2 is 1.97 bits per heavy atom. The Balaban J connectivity index is 1.44. The molecule has 0 radical (unpaired) electrons. The van der Waals surface area contributed by atoms with E-state index in [1.807, 2.05) is 58.1 Å². The average Bonchev–Trinajstić information content (AvgIpc) is 3.13. The van der Waals surface area contributed by atoms with Crippen molar-refractivity contribution in [1.82, 2.24) is 14.4 Å². The van der Waals surface area contributed by atoms with E-state index in [2.05, 4.69) is 12.1 Å². The van der Waals surface area contributed by atoms with Gasteiger partial charge in [0.15, 0.2) is 0 Å². The molecule has 0 aliphatic carbocycles. The number of rotatable bonds is 3. The first kappa shape index (κ1) is 18.6. The molecule has 2 aliphatic heterocycles. The molecule has 0 saturated carbocycles. The number of amides is 1. The largest absolute Gasteiger partial charge is 0.338 e. The third-order valence-corrected chi connectivity index (χ3v) is 7.13. The molecule has 1 amide bonds. The van der Waals surface area contributed by atoms with Gasteiger partial charge in [-0.3, -0.25) is 9.59 Å². The summed E-state index contributed by atoms with van der Waals surface area (Å²) in [6.45, 7) is 2.78. The average molecular weight is 408 g/mol. The van der Waals surface area contributed by atoms with Crippen molar-refractivity contribution in [3.05, 3.63) is 69.0 Å². The summed E-state index contributed by atoms with van der Waals surface area (Å²) in [6, 6.07) is 12.2. The summed E-state index contributed by atoms with van der Waals surface area (Å²) in [7, 11) is 3.96. The van der Waals surface area contributed by atoms with E-state index in [0.29, 0.717) is 25.6 Å². The van der Waals surface area contributed by atoms with Crippen LogP contribution in [0.4, 0.5) is 0 Å².